The van der Waals surface area contributed by atoms with Gasteiger partial charge in [0, 0.05) is 40.9 Å². The topological polar surface area (TPSA) is 32.5 Å². The predicted octanol–water partition coefficient (Wildman–Crippen LogP) is 3.78. The van der Waals surface area contributed by atoms with Gasteiger partial charge in [0.05, 0.1) is 17.4 Å². The Labute approximate surface area is 138 Å². The Morgan fingerprint density at radius 3 is 2.62 bits per heavy atom. The minimum atomic E-state index is 0.245. The maximum atomic E-state index is 6.12. The molecule has 1 aromatic heterocycles. The van der Waals surface area contributed by atoms with Crippen LogP contribution in [0.25, 0.3) is 0 Å². The van der Waals surface area contributed by atoms with Gasteiger partial charge in [-0.1, -0.05) is 12.1 Å². The van der Waals surface area contributed by atoms with Crippen molar-refractivity contribution in [1.29, 1.82) is 0 Å². The number of thiophene rings is 1. The predicted molar refractivity (Wildman–Crippen MR) is 95.6 cm³/mol. The van der Waals surface area contributed by atoms with E-state index in [1.807, 2.05) is 11.3 Å². The highest BCUT2D eigenvalue weighted by Crippen LogP contribution is 2.40. The van der Waals surface area contributed by atoms with Crippen molar-refractivity contribution in [2.45, 2.75) is 13.0 Å². The average molecular weight is 366 g/mol. The molecule has 1 aliphatic heterocycles. The Kier molecular flexibility index (Phi) is 4.24. The molecule has 0 bridgehead atoms. The molecule has 1 unspecified atom stereocenters. The number of nitrogens with zero attached hydrogens (tertiary/aromatic N) is 2. The molecule has 0 amide bonds. The van der Waals surface area contributed by atoms with Gasteiger partial charge >= 0.3 is 0 Å². The summed E-state index contributed by atoms with van der Waals surface area (Å²) in [4.78, 5) is 7.41. The van der Waals surface area contributed by atoms with E-state index in [9.17, 15) is 0 Å². The molecule has 5 heteroatoms. The summed E-state index contributed by atoms with van der Waals surface area (Å²) >= 11 is 5.46. The third-order valence-corrected chi connectivity index (χ3v) is 6.32. The Morgan fingerprint density at radius 1 is 1.29 bits per heavy atom. The first-order valence-corrected chi connectivity index (χ1v) is 8.75. The fourth-order valence-corrected chi connectivity index (χ4v) is 4.58. The Morgan fingerprint density at radius 2 is 2.00 bits per heavy atom. The van der Waals surface area contributed by atoms with E-state index in [0.29, 0.717) is 6.54 Å². The molecule has 0 radical (unpaired) electrons. The normalized spacial score (nSPS) is 16.0. The van der Waals surface area contributed by atoms with E-state index in [0.717, 1.165) is 13.1 Å². The number of nitrogens with two attached hydrogens (primary N) is 1. The van der Waals surface area contributed by atoms with Gasteiger partial charge in [-0.05, 0) is 41.1 Å². The zero-order valence-electron chi connectivity index (χ0n) is 12.3. The van der Waals surface area contributed by atoms with Gasteiger partial charge < -0.3 is 15.5 Å². The van der Waals surface area contributed by atoms with Crippen molar-refractivity contribution < 1.29 is 0 Å². The van der Waals surface area contributed by atoms with E-state index >= 15 is 0 Å². The first kappa shape index (κ1) is 14.9. The lowest BCUT2D eigenvalue weighted by molar-refractivity contribution is 0.618. The van der Waals surface area contributed by atoms with Crippen LogP contribution in [-0.4, -0.2) is 26.7 Å². The fourth-order valence-electron chi connectivity index (χ4n) is 2.89. The van der Waals surface area contributed by atoms with Gasteiger partial charge in [0.2, 0.25) is 0 Å². The molecule has 1 aliphatic rings. The van der Waals surface area contributed by atoms with E-state index in [1.165, 1.54) is 25.6 Å². The smallest absolute Gasteiger partial charge is 0.0759 e. The van der Waals surface area contributed by atoms with Crippen LogP contribution in [0.3, 0.4) is 0 Å². The van der Waals surface area contributed by atoms with Gasteiger partial charge in [-0.2, -0.15) is 0 Å². The molecule has 0 aliphatic carbocycles. The number of hydrogen-bond acceptors (Lipinski definition) is 4. The van der Waals surface area contributed by atoms with E-state index < -0.39 is 0 Å². The maximum Gasteiger partial charge on any atom is 0.0759 e. The number of hydrogen-bond donors (Lipinski definition) is 1. The SMILES string of the molecule is Cc1sc(C(CN)N2CCN(C)c3ccccc32)cc1Br. The van der Waals surface area contributed by atoms with Crippen molar-refractivity contribution in [3.05, 3.63) is 44.6 Å². The van der Waals surface area contributed by atoms with E-state index in [4.69, 9.17) is 5.73 Å². The molecule has 0 spiro atoms. The summed E-state index contributed by atoms with van der Waals surface area (Å²) in [6.45, 7) is 4.80. The van der Waals surface area contributed by atoms with Crippen LogP contribution in [0.4, 0.5) is 11.4 Å². The molecule has 3 nitrogen and oxygen atoms in total. The summed E-state index contributed by atoms with van der Waals surface area (Å²) in [5.41, 5.74) is 8.69. The number of halogens is 1. The van der Waals surface area contributed by atoms with Crippen LogP contribution in [0.15, 0.2) is 34.8 Å². The van der Waals surface area contributed by atoms with Crippen molar-refractivity contribution >= 4 is 38.6 Å². The van der Waals surface area contributed by atoms with Crippen LogP contribution < -0.4 is 15.5 Å². The van der Waals surface area contributed by atoms with Gasteiger partial charge in [-0.25, -0.2) is 0 Å². The van der Waals surface area contributed by atoms with Gasteiger partial charge in [0.25, 0.3) is 0 Å². The summed E-state index contributed by atoms with van der Waals surface area (Å²) < 4.78 is 1.18. The van der Waals surface area contributed by atoms with Crippen LogP contribution >= 0.6 is 27.3 Å². The molecule has 0 fully saturated rings. The number of likely N-dealkylation sites (N-methyl/N-ethyl adjacent to an activating group) is 1. The van der Waals surface area contributed by atoms with E-state index in [-0.39, 0.29) is 6.04 Å². The third-order valence-electron chi connectivity index (χ3n) is 4.08. The van der Waals surface area contributed by atoms with E-state index in [2.05, 4.69) is 70.0 Å². The lowest BCUT2D eigenvalue weighted by Gasteiger charge is -2.41. The molecule has 3 rings (SSSR count). The number of aryl methyl sites for hydroxylation is 1. The number of rotatable bonds is 3. The highest BCUT2D eigenvalue weighted by Gasteiger charge is 2.27. The summed E-state index contributed by atoms with van der Waals surface area (Å²) in [5.74, 6) is 0. The van der Waals surface area contributed by atoms with Gasteiger partial charge in [0.15, 0.2) is 0 Å². The van der Waals surface area contributed by atoms with Crippen LogP contribution in [0.5, 0.6) is 0 Å². The average Bonchev–Trinajstić information content (AvgIpc) is 2.82. The van der Waals surface area contributed by atoms with Crippen LogP contribution in [0.1, 0.15) is 15.8 Å². The van der Waals surface area contributed by atoms with Crippen molar-refractivity contribution in [3.63, 3.8) is 0 Å². The highest BCUT2D eigenvalue weighted by atomic mass is 79.9. The molecule has 2 aromatic rings. The first-order valence-electron chi connectivity index (χ1n) is 7.14. The molecule has 0 saturated carbocycles. The van der Waals surface area contributed by atoms with Crippen molar-refractivity contribution in [2.75, 3.05) is 36.5 Å². The number of anilines is 2. The number of benzene rings is 1. The molecular weight excluding hydrogens is 346 g/mol. The molecule has 2 N–H and O–H groups in total. The van der Waals surface area contributed by atoms with Crippen LogP contribution in [0.2, 0.25) is 0 Å². The fraction of sp³-hybridized carbons (Fsp3) is 0.375. The molecule has 1 aromatic carbocycles. The molecule has 1 atom stereocenters. The Balaban J connectivity index is 2.00. The Hall–Kier alpha value is -1.04. The monoisotopic (exact) mass is 365 g/mol. The Bertz CT molecular complexity index is 621. The summed E-state index contributed by atoms with van der Waals surface area (Å²) in [6, 6.07) is 11.1. The van der Waals surface area contributed by atoms with Gasteiger partial charge in [-0.3, -0.25) is 0 Å². The van der Waals surface area contributed by atoms with Crippen LogP contribution in [-0.2, 0) is 0 Å². The van der Waals surface area contributed by atoms with Crippen molar-refractivity contribution in [1.82, 2.24) is 0 Å². The largest absolute Gasteiger partial charge is 0.371 e. The maximum absolute atomic E-state index is 6.12. The molecule has 112 valence electrons. The second-order valence-corrected chi connectivity index (χ2v) is 7.55. The van der Waals surface area contributed by atoms with E-state index in [1.54, 1.807) is 0 Å². The van der Waals surface area contributed by atoms with Crippen molar-refractivity contribution in [3.8, 4) is 0 Å². The quantitative estimate of drug-likeness (QED) is 0.898. The minimum absolute atomic E-state index is 0.245. The highest BCUT2D eigenvalue weighted by molar-refractivity contribution is 9.10. The minimum Gasteiger partial charge on any atom is -0.371 e. The standard InChI is InChI=1S/C16H20BrN3S/c1-11-12(17)9-16(21-11)15(10-18)20-8-7-19(2)13-5-3-4-6-14(13)20/h3-6,9,15H,7-8,10,18H2,1-2H3. The zero-order valence-corrected chi connectivity index (χ0v) is 14.7. The third kappa shape index (κ3) is 2.70. The summed E-state index contributed by atoms with van der Waals surface area (Å²) in [5, 5.41) is 0. The molecule has 21 heavy (non-hydrogen) atoms. The second kappa shape index (κ2) is 5.99. The van der Waals surface area contributed by atoms with Gasteiger partial charge in [0.1, 0.15) is 0 Å². The molecule has 2 heterocycles. The second-order valence-electron chi connectivity index (χ2n) is 5.41. The zero-order chi connectivity index (χ0) is 15.0. The molecular formula is C16H20BrN3S. The lowest BCUT2D eigenvalue weighted by atomic mass is 10.1. The number of fused-ring (bicyclic) bond motifs is 1. The van der Waals surface area contributed by atoms with Crippen LogP contribution in [0, 0.1) is 6.92 Å². The first-order chi connectivity index (χ1) is 10.1. The molecule has 0 saturated heterocycles. The number of para-hydroxylation sites is 2. The summed E-state index contributed by atoms with van der Waals surface area (Å²) in [7, 11) is 2.15. The lowest BCUT2D eigenvalue weighted by Crippen LogP contribution is -2.43. The van der Waals surface area contributed by atoms with Gasteiger partial charge in [-0.15, -0.1) is 11.3 Å². The summed E-state index contributed by atoms with van der Waals surface area (Å²) in [6.07, 6.45) is 0. The van der Waals surface area contributed by atoms with Crippen molar-refractivity contribution in [2.24, 2.45) is 5.73 Å².